The lowest BCUT2D eigenvalue weighted by Gasteiger charge is -2.10. The molecule has 0 saturated heterocycles. The average Bonchev–Trinajstić information content (AvgIpc) is 2.77. The van der Waals surface area contributed by atoms with Gasteiger partial charge in [-0.05, 0) is 24.6 Å². The van der Waals surface area contributed by atoms with Crippen LogP contribution in [0.15, 0.2) is 18.2 Å². The van der Waals surface area contributed by atoms with Crippen LogP contribution in [-0.4, -0.2) is 19.1 Å². The molecule has 1 aliphatic rings. The van der Waals surface area contributed by atoms with Crippen LogP contribution < -0.4 is 15.2 Å². The molecule has 1 aliphatic heterocycles. The van der Waals surface area contributed by atoms with Crippen molar-refractivity contribution in [2.24, 2.45) is 11.7 Å². The molecule has 1 aromatic rings. The first-order chi connectivity index (χ1) is 7.76. The SMILES string of the molecule is CCC(CN)C(=O)c1ccc2c(c1)OCO2. The molecule has 0 amide bonds. The predicted octanol–water partition coefficient (Wildman–Crippen LogP) is 1.58. The summed E-state index contributed by atoms with van der Waals surface area (Å²) in [4.78, 5) is 12.0. The molecule has 4 nitrogen and oxygen atoms in total. The molecule has 4 heteroatoms. The van der Waals surface area contributed by atoms with E-state index in [1.165, 1.54) is 0 Å². The smallest absolute Gasteiger partial charge is 0.231 e. The van der Waals surface area contributed by atoms with E-state index in [0.717, 1.165) is 6.42 Å². The van der Waals surface area contributed by atoms with Crippen molar-refractivity contribution in [1.82, 2.24) is 0 Å². The van der Waals surface area contributed by atoms with E-state index in [1.807, 2.05) is 6.92 Å². The molecule has 0 aromatic heterocycles. The molecule has 0 aliphatic carbocycles. The van der Waals surface area contributed by atoms with Crippen LogP contribution >= 0.6 is 0 Å². The Labute approximate surface area is 94.3 Å². The van der Waals surface area contributed by atoms with Crippen LogP contribution in [0.2, 0.25) is 0 Å². The lowest BCUT2D eigenvalue weighted by atomic mass is 9.95. The van der Waals surface area contributed by atoms with Crippen LogP contribution in [0.4, 0.5) is 0 Å². The van der Waals surface area contributed by atoms with E-state index in [4.69, 9.17) is 15.2 Å². The van der Waals surface area contributed by atoms with Crippen LogP contribution in [0.1, 0.15) is 23.7 Å². The van der Waals surface area contributed by atoms with Gasteiger partial charge in [0.1, 0.15) is 0 Å². The Morgan fingerprint density at radius 2 is 2.19 bits per heavy atom. The van der Waals surface area contributed by atoms with E-state index in [-0.39, 0.29) is 18.5 Å². The van der Waals surface area contributed by atoms with Crippen molar-refractivity contribution in [3.05, 3.63) is 23.8 Å². The molecule has 1 aromatic carbocycles. The minimum atomic E-state index is -0.111. The highest BCUT2D eigenvalue weighted by Gasteiger charge is 2.20. The van der Waals surface area contributed by atoms with Crippen molar-refractivity contribution in [2.75, 3.05) is 13.3 Å². The minimum Gasteiger partial charge on any atom is -0.454 e. The van der Waals surface area contributed by atoms with Gasteiger partial charge in [-0.25, -0.2) is 0 Å². The summed E-state index contributed by atoms with van der Waals surface area (Å²) in [6.07, 6.45) is 0.754. The second kappa shape index (κ2) is 4.53. The zero-order chi connectivity index (χ0) is 11.5. The van der Waals surface area contributed by atoms with Gasteiger partial charge in [0.15, 0.2) is 17.3 Å². The first-order valence-electron chi connectivity index (χ1n) is 5.40. The molecule has 1 atom stereocenters. The Hall–Kier alpha value is -1.55. The van der Waals surface area contributed by atoms with Crippen LogP contribution in [0.3, 0.4) is 0 Å². The summed E-state index contributed by atoms with van der Waals surface area (Å²) in [5, 5.41) is 0. The van der Waals surface area contributed by atoms with Gasteiger partial charge in [-0.2, -0.15) is 0 Å². The summed E-state index contributed by atoms with van der Waals surface area (Å²) >= 11 is 0. The largest absolute Gasteiger partial charge is 0.454 e. The number of ketones is 1. The molecule has 0 spiro atoms. The first-order valence-corrected chi connectivity index (χ1v) is 5.40. The van der Waals surface area contributed by atoms with Crippen LogP contribution in [0.25, 0.3) is 0 Å². The Kier molecular flexibility index (Phi) is 3.10. The topological polar surface area (TPSA) is 61.6 Å². The number of benzene rings is 1. The van der Waals surface area contributed by atoms with Gasteiger partial charge in [-0.15, -0.1) is 0 Å². The van der Waals surface area contributed by atoms with Crippen molar-refractivity contribution in [2.45, 2.75) is 13.3 Å². The van der Waals surface area contributed by atoms with Crippen LogP contribution in [-0.2, 0) is 0 Å². The fraction of sp³-hybridized carbons (Fsp3) is 0.417. The zero-order valence-corrected chi connectivity index (χ0v) is 9.23. The second-order valence-electron chi connectivity index (χ2n) is 3.77. The number of nitrogens with two attached hydrogens (primary N) is 1. The maximum absolute atomic E-state index is 12.0. The summed E-state index contributed by atoms with van der Waals surface area (Å²) in [5.41, 5.74) is 6.20. The van der Waals surface area contributed by atoms with Crippen LogP contribution in [0.5, 0.6) is 11.5 Å². The second-order valence-corrected chi connectivity index (χ2v) is 3.77. The number of Topliss-reactive ketones (excluding diaryl/α,β-unsaturated/α-hetero) is 1. The highest BCUT2D eigenvalue weighted by molar-refractivity contribution is 5.98. The highest BCUT2D eigenvalue weighted by Crippen LogP contribution is 2.33. The van der Waals surface area contributed by atoms with Crippen molar-refractivity contribution in [1.29, 1.82) is 0 Å². The molecule has 0 saturated carbocycles. The summed E-state index contributed by atoms with van der Waals surface area (Å²) in [5.74, 6) is 1.29. The number of hydrogen-bond donors (Lipinski definition) is 1. The van der Waals surface area contributed by atoms with Crippen molar-refractivity contribution in [3.8, 4) is 11.5 Å². The summed E-state index contributed by atoms with van der Waals surface area (Å²) in [6, 6.07) is 5.25. The third-order valence-electron chi connectivity index (χ3n) is 2.81. The number of ether oxygens (including phenoxy) is 2. The molecule has 0 radical (unpaired) electrons. The predicted molar refractivity (Wildman–Crippen MR) is 59.7 cm³/mol. The number of hydrogen-bond acceptors (Lipinski definition) is 4. The van der Waals surface area contributed by atoms with Gasteiger partial charge in [0.2, 0.25) is 6.79 Å². The van der Waals surface area contributed by atoms with E-state index in [1.54, 1.807) is 18.2 Å². The number of carbonyl (C=O) groups excluding carboxylic acids is 1. The van der Waals surface area contributed by atoms with E-state index < -0.39 is 0 Å². The maximum Gasteiger partial charge on any atom is 0.231 e. The summed E-state index contributed by atoms with van der Waals surface area (Å²) < 4.78 is 10.4. The maximum atomic E-state index is 12.0. The lowest BCUT2D eigenvalue weighted by Crippen LogP contribution is -2.22. The van der Waals surface area contributed by atoms with Gasteiger partial charge in [0.25, 0.3) is 0 Å². The van der Waals surface area contributed by atoms with E-state index >= 15 is 0 Å². The van der Waals surface area contributed by atoms with Gasteiger partial charge in [-0.1, -0.05) is 6.92 Å². The molecule has 2 rings (SSSR count). The third-order valence-corrected chi connectivity index (χ3v) is 2.81. The fourth-order valence-electron chi connectivity index (χ4n) is 1.74. The van der Waals surface area contributed by atoms with Gasteiger partial charge in [0.05, 0.1) is 0 Å². The lowest BCUT2D eigenvalue weighted by molar-refractivity contribution is 0.0921. The molecule has 86 valence electrons. The monoisotopic (exact) mass is 221 g/mol. The Morgan fingerprint density at radius 1 is 1.44 bits per heavy atom. The Bertz CT molecular complexity index is 399. The first kappa shape index (κ1) is 11.0. The minimum absolute atomic E-state index is 0.0725. The summed E-state index contributed by atoms with van der Waals surface area (Å²) in [7, 11) is 0. The van der Waals surface area contributed by atoms with Gasteiger partial charge < -0.3 is 15.2 Å². The summed E-state index contributed by atoms with van der Waals surface area (Å²) in [6.45, 7) is 2.56. The van der Waals surface area contributed by atoms with Crippen molar-refractivity contribution < 1.29 is 14.3 Å². The molecular formula is C12H15NO3. The molecule has 0 bridgehead atoms. The third kappa shape index (κ3) is 1.88. The van der Waals surface area contributed by atoms with Crippen molar-refractivity contribution in [3.63, 3.8) is 0 Å². The Morgan fingerprint density at radius 3 is 2.88 bits per heavy atom. The molecule has 1 heterocycles. The highest BCUT2D eigenvalue weighted by atomic mass is 16.7. The van der Waals surface area contributed by atoms with E-state index in [9.17, 15) is 4.79 Å². The molecule has 1 unspecified atom stereocenters. The van der Waals surface area contributed by atoms with Gasteiger partial charge in [0, 0.05) is 18.0 Å². The number of rotatable bonds is 4. The number of carbonyl (C=O) groups is 1. The zero-order valence-electron chi connectivity index (χ0n) is 9.23. The molecule has 16 heavy (non-hydrogen) atoms. The normalized spacial score (nSPS) is 14.9. The van der Waals surface area contributed by atoms with Crippen LogP contribution in [0, 0.1) is 5.92 Å². The standard InChI is InChI=1S/C12H15NO3/c1-2-8(6-13)12(14)9-3-4-10-11(5-9)16-7-15-10/h3-5,8H,2,6-7,13H2,1H3. The fourth-order valence-corrected chi connectivity index (χ4v) is 1.74. The Balaban J connectivity index is 2.24. The molecule has 0 fully saturated rings. The number of fused-ring (bicyclic) bond motifs is 1. The van der Waals surface area contributed by atoms with E-state index in [2.05, 4.69) is 0 Å². The average molecular weight is 221 g/mol. The molecule has 2 N–H and O–H groups in total. The van der Waals surface area contributed by atoms with E-state index in [0.29, 0.717) is 23.6 Å². The quantitative estimate of drug-likeness (QED) is 0.784. The molecular weight excluding hydrogens is 206 g/mol. The van der Waals surface area contributed by atoms with Crippen molar-refractivity contribution >= 4 is 5.78 Å². The van der Waals surface area contributed by atoms with Gasteiger partial charge >= 0.3 is 0 Å². The van der Waals surface area contributed by atoms with Gasteiger partial charge in [-0.3, -0.25) is 4.79 Å².